The minimum atomic E-state index is 0.490. The van der Waals surface area contributed by atoms with E-state index < -0.39 is 0 Å². The summed E-state index contributed by atoms with van der Waals surface area (Å²) in [7, 11) is 5.94. The van der Waals surface area contributed by atoms with E-state index in [0.717, 1.165) is 18.7 Å². The maximum Gasteiger partial charge on any atom is 0.124 e. The molecule has 0 bridgehead atoms. The number of hydrogen-bond donors (Lipinski definition) is 2. The molecule has 0 amide bonds. The van der Waals surface area contributed by atoms with Crippen molar-refractivity contribution in [3.63, 3.8) is 0 Å². The molecule has 0 aromatic heterocycles. The highest BCUT2D eigenvalue weighted by Crippen LogP contribution is 1.97. The predicted octanol–water partition coefficient (Wildman–Crippen LogP) is 0.320. The molecule has 0 rings (SSSR count). The Bertz CT molecular complexity index is 196. The van der Waals surface area contributed by atoms with Crippen LogP contribution in [0, 0.1) is 5.41 Å². The highest BCUT2D eigenvalue weighted by atomic mass is 15.2. The van der Waals surface area contributed by atoms with Crippen molar-refractivity contribution in [2.24, 2.45) is 5.73 Å². The van der Waals surface area contributed by atoms with E-state index in [1.54, 1.807) is 0 Å². The van der Waals surface area contributed by atoms with E-state index in [1.165, 1.54) is 6.20 Å². The number of nitrogens with zero attached hydrogens (tertiary/aromatic N) is 2. The van der Waals surface area contributed by atoms with Crippen molar-refractivity contribution < 1.29 is 0 Å². The minimum absolute atomic E-state index is 0.490. The summed E-state index contributed by atoms with van der Waals surface area (Å²) in [5.74, 6) is 0.490. The van der Waals surface area contributed by atoms with E-state index >= 15 is 0 Å². The molecule has 0 spiro atoms. The first-order valence-corrected chi connectivity index (χ1v) is 4.32. The van der Waals surface area contributed by atoms with Crippen molar-refractivity contribution >= 4 is 5.84 Å². The van der Waals surface area contributed by atoms with Gasteiger partial charge in [-0.05, 0) is 21.0 Å². The summed E-state index contributed by atoms with van der Waals surface area (Å²) in [6.45, 7) is 3.63. The molecular weight excluding hydrogens is 164 g/mol. The third-order valence-corrected chi connectivity index (χ3v) is 1.89. The smallest absolute Gasteiger partial charge is 0.124 e. The van der Waals surface area contributed by atoms with E-state index in [0.29, 0.717) is 5.84 Å². The second kappa shape index (κ2) is 5.59. The van der Waals surface area contributed by atoms with Crippen LogP contribution in [0.2, 0.25) is 0 Å². The van der Waals surface area contributed by atoms with Gasteiger partial charge in [-0.3, -0.25) is 5.41 Å². The quantitative estimate of drug-likeness (QED) is 0.488. The van der Waals surface area contributed by atoms with Crippen molar-refractivity contribution in [1.82, 2.24) is 9.80 Å². The normalized spacial score (nSPS) is 11.9. The molecule has 0 unspecified atom stereocenters. The summed E-state index contributed by atoms with van der Waals surface area (Å²) in [5, 5.41) is 7.70. The summed E-state index contributed by atoms with van der Waals surface area (Å²) < 4.78 is 0. The van der Waals surface area contributed by atoms with Crippen molar-refractivity contribution in [3.8, 4) is 0 Å². The van der Waals surface area contributed by atoms with Crippen LogP contribution < -0.4 is 5.73 Å². The first-order valence-electron chi connectivity index (χ1n) is 4.32. The lowest BCUT2D eigenvalue weighted by Gasteiger charge is -2.22. The van der Waals surface area contributed by atoms with Gasteiger partial charge in [0.05, 0.1) is 0 Å². The molecule has 0 heterocycles. The zero-order chi connectivity index (χ0) is 10.4. The fourth-order valence-electron chi connectivity index (χ4n) is 0.842. The second-order valence-corrected chi connectivity index (χ2v) is 3.42. The zero-order valence-electron chi connectivity index (χ0n) is 8.96. The molecule has 0 aliphatic rings. The highest BCUT2D eigenvalue weighted by Gasteiger charge is 2.05. The fraction of sp³-hybridized carbons (Fsp3) is 0.667. The van der Waals surface area contributed by atoms with E-state index in [9.17, 15) is 0 Å². The standard InChI is InChI=1S/C9H20N4/c1-8(7-10)9(11)13(4)6-5-12(2)3/h7,11H,5-6,10H2,1-4H3/b8-7+,11-9?. The lowest BCUT2D eigenvalue weighted by Crippen LogP contribution is -2.33. The Hall–Kier alpha value is -1.03. The predicted molar refractivity (Wildman–Crippen MR) is 56.9 cm³/mol. The maximum atomic E-state index is 7.70. The molecular formula is C9H20N4. The molecule has 0 aliphatic heterocycles. The zero-order valence-corrected chi connectivity index (χ0v) is 8.96. The van der Waals surface area contributed by atoms with Gasteiger partial charge in [-0.25, -0.2) is 0 Å². The summed E-state index contributed by atoms with van der Waals surface area (Å²) >= 11 is 0. The summed E-state index contributed by atoms with van der Waals surface area (Å²) in [5.41, 5.74) is 6.13. The number of amidine groups is 1. The monoisotopic (exact) mass is 184 g/mol. The van der Waals surface area contributed by atoms with Gasteiger partial charge in [0.25, 0.3) is 0 Å². The van der Waals surface area contributed by atoms with Crippen molar-refractivity contribution in [3.05, 3.63) is 11.8 Å². The first-order chi connectivity index (χ1) is 5.99. The molecule has 4 nitrogen and oxygen atoms in total. The first kappa shape index (κ1) is 12.0. The third-order valence-electron chi connectivity index (χ3n) is 1.89. The van der Waals surface area contributed by atoms with Crippen LogP contribution in [0.3, 0.4) is 0 Å². The topological polar surface area (TPSA) is 56.4 Å². The molecule has 0 aromatic rings. The SMILES string of the molecule is C/C(=C\N)C(=N)N(C)CCN(C)C. The number of likely N-dealkylation sites (N-methyl/N-ethyl adjacent to an activating group) is 2. The van der Waals surface area contributed by atoms with Crippen LogP contribution in [-0.2, 0) is 0 Å². The van der Waals surface area contributed by atoms with Gasteiger partial charge in [0.2, 0.25) is 0 Å². The fourth-order valence-corrected chi connectivity index (χ4v) is 0.842. The molecule has 0 aromatic carbocycles. The number of hydrogen-bond acceptors (Lipinski definition) is 3. The Morgan fingerprint density at radius 3 is 2.23 bits per heavy atom. The molecule has 0 saturated carbocycles. The van der Waals surface area contributed by atoms with Gasteiger partial charge in [-0.15, -0.1) is 0 Å². The van der Waals surface area contributed by atoms with Crippen LogP contribution in [0.25, 0.3) is 0 Å². The number of rotatable bonds is 4. The minimum Gasteiger partial charge on any atom is -0.404 e. The van der Waals surface area contributed by atoms with Crippen LogP contribution in [-0.4, -0.2) is 49.9 Å². The van der Waals surface area contributed by atoms with Crippen molar-refractivity contribution in [1.29, 1.82) is 5.41 Å². The van der Waals surface area contributed by atoms with Crippen LogP contribution in [0.4, 0.5) is 0 Å². The lowest BCUT2D eigenvalue weighted by molar-refractivity contribution is 0.356. The molecule has 0 saturated heterocycles. The van der Waals surface area contributed by atoms with Gasteiger partial charge in [0.15, 0.2) is 0 Å². The lowest BCUT2D eigenvalue weighted by atomic mass is 10.3. The Morgan fingerprint density at radius 2 is 1.85 bits per heavy atom. The molecule has 0 radical (unpaired) electrons. The van der Waals surface area contributed by atoms with E-state index in [-0.39, 0.29) is 0 Å². The summed E-state index contributed by atoms with van der Waals surface area (Å²) in [6.07, 6.45) is 1.47. The largest absolute Gasteiger partial charge is 0.404 e. The molecule has 0 atom stereocenters. The Balaban J connectivity index is 3.97. The molecule has 0 aliphatic carbocycles. The summed E-state index contributed by atoms with van der Waals surface area (Å²) in [6, 6.07) is 0. The number of nitrogens with two attached hydrogens (primary N) is 1. The van der Waals surface area contributed by atoms with Crippen LogP contribution in [0.1, 0.15) is 6.92 Å². The molecule has 3 N–H and O–H groups in total. The van der Waals surface area contributed by atoms with Crippen LogP contribution in [0.5, 0.6) is 0 Å². The van der Waals surface area contributed by atoms with Gasteiger partial charge in [0.1, 0.15) is 5.84 Å². The molecule has 13 heavy (non-hydrogen) atoms. The average molecular weight is 184 g/mol. The van der Waals surface area contributed by atoms with Gasteiger partial charge in [0, 0.05) is 31.9 Å². The molecule has 0 fully saturated rings. The van der Waals surface area contributed by atoms with Gasteiger partial charge in [-0.1, -0.05) is 0 Å². The van der Waals surface area contributed by atoms with Gasteiger partial charge < -0.3 is 15.5 Å². The maximum absolute atomic E-state index is 7.70. The van der Waals surface area contributed by atoms with Crippen molar-refractivity contribution in [2.45, 2.75) is 6.92 Å². The second-order valence-electron chi connectivity index (χ2n) is 3.42. The van der Waals surface area contributed by atoms with Gasteiger partial charge >= 0.3 is 0 Å². The van der Waals surface area contributed by atoms with Crippen molar-refractivity contribution in [2.75, 3.05) is 34.2 Å². The van der Waals surface area contributed by atoms with E-state index in [1.807, 2.05) is 33.0 Å². The van der Waals surface area contributed by atoms with Crippen LogP contribution >= 0.6 is 0 Å². The van der Waals surface area contributed by atoms with Crippen LogP contribution in [0.15, 0.2) is 11.8 Å². The summed E-state index contributed by atoms with van der Waals surface area (Å²) in [4.78, 5) is 3.98. The Labute approximate surface area is 80.5 Å². The third kappa shape index (κ3) is 4.52. The van der Waals surface area contributed by atoms with E-state index in [2.05, 4.69) is 4.90 Å². The average Bonchev–Trinajstić information content (AvgIpc) is 2.11. The van der Waals surface area contributed by atoms with E-state index in [4.69, 9.17) is 11.1 Å². The number of nitrogens with one attached hydrogen (secondary N) is 1. The molecule has 76 valence electrons. The Morgan fingerprint density at radius 1 is 1.31 bits per heavy atom. The Kier molecular flexibility index (Phi) is 5.14. The van der Waals surface area contributed by atoms with Gasteiger partial charge in [-0.2, -0.15) is 0 Å². The molecule has 4 heteroatoms. The highest BCUT2D eigenvalue weighted by molar-refractivity contribution is 5.94.